The van der Waals surface area contributed by atoms with Crippen LogP contribution >= 0.6 is 0 Å². The van der Waals surface area contributed by atoms with Crippen molar-refractivity contribution in [1.29, 1.82) is 0 Å². The maximum atomic E-state index is 15.0. The Morgan fingerprint density at radius 1 is 0.778 bits per heavy atom. The van der Waals surface area contributed by atoms with Crippen molar-refractivity contribution in [3.8, 4) is 5.75 Å². The minimum absolute atomic E-state index is 0.0480. The predicted octanol–water partition coefficient (Wildman–Crippen LogP) is 9.66. The number of fused-ring (bicyclic) bond motifs is 1. The van der Waals surface area contributed by atoms with Gasteiger partial charge in [0.2, 0.25) is 0 Å². The Hall–Kier alpha value is -2.63. The molecule has 0 amide bonds. The first-order valence-electron chi connectivity index (χ1n) is 13.0. The summed E-state index contributed by atoms with van der Waals surface area (Å²) in [6.45, 7) is 2.20. The number of benzene rings is 3. The molecule has 0 unspecified atom stereocenters. The van der Waals surface area contributed by atoms with Crippen LogP contribution in [0.25, 0.3) is 10.8 Å². The van der Waals surface area contributed by atoms with Gasteiger partial charge in [0, 0.05) is 5.56 Å². The molecule has 0 N–H and O–H groups in total. The lowest BCUT2D eigenvalue weighted by Crippen LogP contribution is -2.16. The molecule has 3 aromatic carbocycles. The summed E-state index contributed by atoms with van der Waals surface area (Å²) in [5, 5.41) is 1.40. The molecule has 0 saturated heterocycles. The summed E-state index contributed by atoms with van der Waals surface area (Å²) in [7, 11) is 0. The van der Waals surface area contributed by atoms with Crippen LogP contribution in [0.15, 0.2) is 48.5 Å². The van der Waals surface area contributed by atoms with Gasteiger partial charge in [0.25, 0.3) is 0 Å². The van der Waals surface area contributed by atoms with Crippen LogP contribution in [-0.4, -0.2) is 6.36 Å². The minimum Gasteiger partial charge on any atom is -0.406 e. The number of ether oxygens (including phenoxy) is 1. The van der Waals surface area contributed by atoms with Crippen LogP contribution in [0.5, 0.6) is 5.75 Å². The second-order valence-electron chi connectivity index (χ2n) is 10.1. The molecule has 0 spiro atoms. The van der Waals surface area contributed by atoms with Gasteiger partial charge in [0.15, 0.2) is 0 Å². The molecular weight excluding hydrogens is 471 g/mol. The Morgan fingerprint density at radius 2 is 1.42 bits per heavy atom. The third-order valence-electron chi connectivity index (χ3n) is 7.42. The number of unbranched alkanes of at least 4 members (excludes halogenated alkanes) is 2. The van der Waals surface area contributed by atoms with E-state index >= 15 is 0 Å². The van der Waals surface area contributed by atoms with E-state index in [9.17, 15) is 22.0 Å². The van der Waals surface area contributed by atoms with Crippen molar-refractivity contribution in [2.24, 2.45) is 5.92 Å². The zero-order valence-corrected chi connectivity index (χ0v) is 20.6. The summed E-state index contributed by atoms with van der Waals surface area (Å²) in [4.78, 5) is 0. The Kier molecular flexibility index (Phi) is 8.53. The lowest BCUT2D eigenvalue weighted by molar-refractivity contribution is -0.274. The van der Waals surface area contributed by atoms with E-state index in [4.69, 9.17) is 0 Å². The second kappa shape index (κ2) is 11.6. The Bertz CT molecular complexity index is 1140. The smallest absolute Gasteiger partial charge is 0.406 e. The van der Waals surface area contributed by atoms with E-state index in [1.807, 2.05) is 12.1 Å². The van der Waals surface area contributed by atoms with Crippen molar-refractivity contribution in [2.45, 2.75) is 83.4 Å². The summed E-state index contributed by atoms with van der Waals surface area (Å²) in [6.07, 6.45) is 5.01. The van der Waals surface area contributed by atoms with Crippen LogP contribution in [0.3, 0.4) is 0 Å². The monoisotopic (exact) mass is 504 g/mol. The van der Waals surface area contributed by atoms with Gasteiger partial charge in [-0.25, -0.2) is 8.78 Å². The predicted molar refractivity (Wildman–Crippen MR) is 133 cm³/mol. The van der Waals surface area contributed by atoms with Crippen molar-refractivity contribution in [1.82, 2.24) is 0 Å². The molecule has 0 aromatic heterocycles. The third kappa shape index (κ3) is 6.98. The summed E-state index contributed by atoms with van der Waals surface area (Å²) in [5.41, 5.74) is 1.79. The van der Waals surface area contributed by atoms with Crippen LogP contribution < -0.4 is 4.74 Å². The van der Waals surface area contributed by atoms with Crippen molar-refractivity contribution in [3.05, 3.63) is 76.9 Å². The number of hydrogen-bond acceptors (Lipinski definition) is 1. The quantitative estimate of drug-likeness (QED) is 0.208. The highest BCUT2D eigenvalue weighted by atomic mass is 19.4. The molecule has 1 fully saturated rings. The van der Waals surface area contributed by atoms with Crippen molar-refractivity contribution in [2.75, 3.05) is 0 Å². The molecular formula is C30H33F5O. The minimum atomic E-state index is -4.73. The molecule has 0 aliphatic heterocycles. The molecule has 1 nitrogen and oxygen atoms in total. The Morgan fingerprint density at radius 3 is 2.08 bits per heavy atom. The fourth-order valence-electron chi connectivity index (χ4n) is 5.51. The zero-order chi connectivity index (χ0) is 25.7. The maximum absolute atomic E-state index is 15.0. The van der Waals surface area contributed by atoms with Crippen LogP contribution in [0.1, 0.15) is 80.9 Å². The maximum Gasteiger partial charge on any atom is 0.573 e. The average Bonchev–Trinajstić information content (AvgIpc) is 2.82. The van der Waals surface area contributed by atoms with Crippen LogP contribution in [0.2, 0.25) is 0 Å². The first-order chi connectivity index (χ1) is 17.2. The zero-order valence-electron chi connectivity index (χ0n) is 20.6. The number of aryl methyl sites for hydroxylation is 2. The van der Waals surface area contributed by atoms with Gasteiger partial charge in [-0.1, -0.05) is 56.9 Å². The van der Waals surface area contributed by atoms with E-state index in [0.717, 1.165) is 36.6 Å². The molecule has 3 aromatic rings. The van der Waals surface area contributed by atoms with Gasteiger partial charge in [-0.3, -0.25) is 0 Å². The largest absolute Gasteiger partial charge is 0.573 e. The average molecular weight is 505 g/mol. The van der Waals surface area contributed by atoms with Crippen molar-refractivity contribution in [3.63, 3.8) is 0 Å². The van der Waals surface area contributed by atoms with E-state index < -0.39 is 18.0 Å². The van der Waals surface area contributed by atoms with E-state index in [1.54, 1.807) is 12.1 Å². The fraction of sp³-hybridized carbons (Fsp3) is 0.467. The van der Waals surface area contributed by atoms with E-state index in [-0.39, 0.29) is 17.2 Å². The molecule has 4 rings (SSSR count). The van der Waals surface area contributed by atoms with Gasteiger partial charge in [0.05, 0.1) is 0 Å². The summed E-state index contributed by atoms with van der Waals surface area (Å²) >= 11 is 0. The third-order valence-corrected chi connectivity index (χ3v) is 7.42. The molecule has 0 heterocycles. The van der Waals surface area contributed by atoms with Crippen LogP contribution in [-0.2, 0) is 12.8 Å². The van der Waals surface area contributed by atoms with Gasteiger partial charge in [0.1, 0.15) is 17.4 Å². The van der Waals surface area contributed by atoms with Gasteiger partial charge in [-0.15, -0.1) is 13.2 Å². The molecule has 1 saturated carbocycles. The topological polar surface area (TPSA) is 9.23 Å². The summed E-state index contributed by atoms with van der Waals surface area (Å²) < 4.78 is 71.3. The highest BCUT2D eigenvalue weighted by Crippen LogP contribution is 2.40. The van der Waals surface area contributed by atoms with E-state index in [2.05, 4.69) is 11.7 Å². The highest BCUT2D eigenvalue weighted by molar-refractivity contribution is 5.84. The molecule has 1 aliphatic rings. The lowest BCUT2D eigenvalue weighted by atomic mass is 9.76. The van der Waals surface area contributed by atoms with E-state index in [1.165, 1.54) is 49.9 Å². The number of rotatable bonds is 9. The molecule has 0 atom stereocenters. The van der Waals surface area contributed by atoms with Gasteiger partial charge in [-0.2, -0.15) is 0 Å². The highest BCUT2D eigenvalue weighted by Gasteiger charge is 2.31. The summed E-state index contributed by atoms with van der Waals surface area (Å²) in [5.74, 6) is -0.527. The molecule has 1 aliphatic carbocycles. The number of alkyl halides is 3. The lowest BCUT2D eigenvalue weighted by Gasteiger charge is -2.29. The molecule has 194 valence electrons. The van der Waals surface area contributed by atoms with Gasteiger partial charge < -0.3 is 4.74 Å². The summed E-state index contributed by atoms with van der Waals surface area (Å²) in [6, 6.07) is 12.6. The molecule has 0 bridgehead atoms. The van der Waals surface area contributed by atoms with Crippen LogP contribution in [0.4, 0.5) is 22.0 Å². The second-order valence-corrected chi connectivity index (χ2v) is 10.1. The fourth-order valence-corrected chi connectivity index (χ4v) is 5.51. The normalized spacial score (nSPS) is 18.5. The van der Waals surface area contributed by atoms with E-state index in [0.29, 0.717) is 29.7 Å². The molecule has 36 heavy (non-hydrogen) atoms. The van der Waals surface area contributed by atoms with Crippen molar-refractivity contribution >= 4 is 10.8 Å². The van der Waals surface area contributed by atoms with Gasteiger partial charge >= 0.3 is 6.36 Å². The first-order valence-corrected chi connectivity index (χ1v) is 13.0. The number of halogens is 5. The van der Waals surface area contributed by atoms with Crippen molar-refractivity contribution < 1.29 is 26.7 Å². The molecule has 6 heteroatoms. The standard InChI is InChI=1S/C30H33F5O/c1-2-3-4-5-20-8-11-23(12-9-20)29-27(31)17-22(18-28(29)32)7-6-21-10-13-25-19-26(36-30(33,34)35)15-14-24(25)16-21/h10,13-20,23H,2-9,11-12H2,1H3. The number of hydrogen-bond donors (Lipinski definition) is 0. The Balaban J connectivity index is 1.37. The Labute approximate surface area is 209 Å². The molecule has 0 radical (unpaired) electrons. The first kappa shape index (κ1) is 26.4. The van der Waals surface area contributed by atoms with Crippen LogP contribution in [0, 0.1) is 17.6 Å². The SMILES string of the molecule is CCCCCC1CCC(c2c(F)cc(CCc3ccc4cc(OC(F)(F)F)ccc4c3)cc2F)CC1. The van der Waals surface area contributed by atoms with Gasteiger partial charge in [-0.05, 0) is 96.5 Å².